The van der Waals surface area contributed by atoms with Gasteiger partial charge in [-0.25, -0.2) is 0 Å². The van der Waals surface area contributed by atoms with E-state index in [1.54, 1.807) is 0 Å². The molecule has 0 saturated carbocycles. The van der Waals surface area contributed by atoms with Crippen molar-refractivity contribution in [3.63, 3.8) is 0 Å². The molecule has 0 spiro atoms. The van der Waals surface area contributed by atoms with Crippen LogP contribution < -0.4 is 0 Å². The minimum atomic E-state index is 1.14. The number of benzene rings is 11. The lowest BCUT2D eigenvalue weighted by molar-refractivity contribution is 1.18. The van der Waals surface area contributed by atoms with Crippen LogP contribution in [0.15, 0.2) is 267 Å². The van der Waals surface area contributed by atoms with Crippen molar-refractivity contribution in [1.29, 1.82) is 0 Å². The predicted octanol–water partition coefficient (Wildman–Crippen LogP) is 17.9. The third-order valence-corrected chi connectivity index (χ3v) is 13.8. The van der Waals surface area contributed by atoms with E-state index in [1.807, 2.05) is 0 Å². The Labute approximate surface area is 395 Å². The quantitative estimate of drug-likeness (QED) is 0.144. The van der Waals surface area contributed by atoms with Crippen molar-refractivity contribution in [2.24, 2.45) is 0 Å². The molecule has 318 valence electrons. The van der Waals surface area contributed by atoms with E-state index in [0.29, 0.717) is 0 Å². The molecule has 0 radical (unpaired) electrons. The van der Waals surface area contributed by atoms with Gasteiger partial charge in [0, 0.05) is 32.8 Å². The van der Waals surface area contributed by atoms with E-state index < -0.39 is 0 Å². The van der Waals surface area contributed by atoms with E-state index in [0.717, 1.165) is 11.4 Å². The van der Waals surface area contributed by atoms with Crippen LogP contribution in [0.5, 0.6) is 0 Å². The first-order chi connectivity index (χ1) is 33.7. The fourth-order valence-corrected chi connectivity index (χ4v) is 10.4. The maximum absolute atomic E-state index is 2.47. The number of fused-ring (bicyclic) bond motifs is 6. The molecule has 0 saturated heterocycles. The van der Waals surface area contributed by atoms with E-state index in [-0.39, 0.29) is 0 Å². The molecule has 0 bridgehead atoms. The van der Waals surface area contributed by atoms with Crippen LogP contribution in [0.2, 0.25) is 0 Å². The first-order valence-electron chi connectivity index (χ1n) is 23.4. The van der Waals surface area contributed by atoms with Gasteiger partial charge in [-0.1, -0.05) is 200 Å². The van der Waals surface area contributed by atoms with Crippen LogP contribution in [0.25, 0.3) is 122 Å². The van der Waals surface area contributed by atoms with Crippen molar-refractivity contribution in [3.05, 3.63) is 267 Å². The van der Waals surface area contributed by atoms with Gasteiger partial charge < -0.3 is 9.13 Å². The number of hydrogen-bond donors (Lipinski definition) is 0. The Bertz CT molecular complexity index is 3830. The zero-order chi connectivity index (χ0) is 45.0. The molecular weight excluding hydrogens is 821 g/mol. The predicted molar refractivity (Wildman–Crippen MR) is 288 cm³/mol. The van der Waals surface area contributed by atoms with E-state index in [9.17, 15) is 0 Å². The van der Waals surface area contributed by atoms with Gasteiger partial charge in [-0.3, -0.25) is 0 Å². The third-order valence-electron chi connectivity index (χ3n) is 13.8. The molecule has 2 heterocycles. The van der Waals surface area contributed by atoms with Crippen molar-refractivity contribution in [2.45, 2.75) is 0 Å². The van der Waals surface area contributed by atoms with Gasteiger partial charge in [0.15, 0.2) is 0 Å². The summed E-state index contributed by atoms with van der Waals surface area (Å²) in [4.78, 5) is 0. The van der Waals surface area contributed by atoms with Gasteiger partial charge in [0.25, 0.3) is 0 Å². The zero-order valence-electron chi connectivity index (χ0n) is 37.3. The molecule has 2 nitrogen and oxygen atoms in total. The zero-order valence-corrected chi connectivity index (χ0v) is 37.3. The van der Waals surface area contributed by atoms with E-state index >= 15 is 0 Å². The SMILES string of the molecule is c1ccc(-c2ccc(-c3ccc4c(c3)c3cc(-c5ccc(-c6ccccc6)cc5)ccc3n4-c3ccccc3-c3cccc(-c4ccc5c(c4)c4ccccc4n5-c4ccccc4)c3)cc2)cc1. The third kappa shape index (κ3) is 6.82. The molecule has 0 aliphatic heterocycles. The van der Waals surface area contributed by atoms with Gasteiger partial charge in [-0.15, -0.1) is 0 Å². The van der Waals surface area contributed by atoms with Crippen molar-refractivity contribution >= 4 is 43.6 Å². The monoisotopic (exact) mass is 864 g/mol. The molecule has 68 heavy (non-hydrogen) atoms. The van der Waals surface area contributed by atoms with Crippen molar-refractivity contribution in [1.82, 2.24) is 9.13 Å². The van der Waals surface area contributed by atoms with Crippen LogP contribution >= 0.6 is 0 Å². The normalized spacial score (nSPS) is 11.5. The number of nitrogens with zero attached hydrogens (tertiary/aromatic N) is 2. The standard InChI is InChI=1S/C66H44N2/c1-4-15-45(16-5-1)47-27-31-49(32-28-47)52-35-39-65-60(42-52)61-43-53(50-33-29-48(30-34-50)46-17-6-2-7-18-46)36-40-66(61)68(65)62-25-12-10-23-57(62)55-20-14-19-51(41-55)54-37-38-64-59(44-54)58-24-11-13-26-63(58)67(64)56-21-8-3-9-22-56/h1-44H. The first kappa shape index (κ1) is 39.4. The lowest BCUT2D eigenvalue weighted by Crippen LogP contribution is -1.97. The number of hydrogen-bond acceptors (Lipinski definition) is 0. The number of rotatable bonds is 8. The molecule has 0 amide bonds. The van der Waals surface area contributed by atoms with Crippen LogP contribution in [0.4, 0.5) is 0 Å². The van der Waals surface area contributed by atoms with Crippen LogP contribution in [0.1, 0.15) is 0 Å². The van der Waals surface area contributed by atoms with Crippen LogP contribution in [-0.4, -0.2) is 9.13 Å². The minimum absolute atomic E-state index is 1.14. The summed E-state index contributed by atoms with van der Waals surface area (Å²) in [7, 11) is 0. The molecule has 0 unspecified atom stereocenters. The highest BCUT2D eigenvalue weighted by atomic mass is 15.0. The summed E-state index contributed by atoms with van der Waals surface area (Å²) in [5.41, 5.74) is 21.4. The lowest BCUT2D eigenvalue weighted by atomic mass is 9.97. The summed E-state index contributed by atoms with van der Waals surface area (Å²) >= 11 is 0. The summed E-state index contributed by atoms with van der Waals surface area (Å²) in [6, 6.07) is 97.4. The Hall–Kier alpha value is -8.98. The van der Waals surface area contributed by atoms with Crippen LogP contribution in [-0.2, 0) is 0 Å². The summed E-state index contributed by atoms with van der Waals surface area (Å²) in [6.07, 6.45) is 0. The molecule has 0 aliphatic carbocycles. The summed E-state index contributed by atoms with van der Waals surface area (Å²) < 4.78 is 4.85. The fourth-order valence-electron chi connectivity index (χ4n) is 10.4. The molecule has 0 N–H and O–H groups in total. The highest BCUT2D eigenvalue weighted by Crippen LogP contribution is 2.42. The smallest absolute Gasteiger partial charge is 0.0541 e. The number of aromatic nitrogens is 2. The second-order valence-corrected chi connectivity index (χ2v) is 17.7. The molecule has 0 atom stereocenters. The van der Waals surface area contributed by atoms with Crippen molar-refractivity contribution < 1.29 is 0 Å². The van der Waals surface area contributed by atoms with Crippen LogP contribution in [0.3, 0.4) is 0 Å². The maximum atomic E-state index is 2.47. The van der Waals surface area contributed by atoms with Gasteiger partial charge in [-0.05, 0) is 128 Å². The van der Waals surface area contributed by atoms with Gasteiger partial charge in [0.1, 0.15) is 0 Å². The largest absolute Gasteiger partial charge is 0.309 e. The molecule has 2 heteroatoms. The Morgan fingerprint density at radius 1 is 0.191 bits per heavy atom. The molecular formula is C66H44N2. The average molecular weight is 865 g/mol. The fraction of sp³-hybridized carbons (Fsp3) is 0. The van der Waals surface area contributed by atoms with Crippen molar-refractivity contribution in [2.75, 3.05) is 0 Å². The summed E-state index contributed by atoms with van der Waals surface area (Å²) in [6.45, 7) is 0. The van der Waals surface area contributed by atoms with E-state index in [1.165, 1.54) is 110 Å². The molecule has 2 aromatic heterocycles. The highest BCUT2D eigenvalue weighted by Gasteiger charge is 2.19. The molecule has 13 aromatic rings. The van der Waals surface area contributed by atoms with Gasteiger partial charge in [0.2, 0.25) is 0 Å². The van der Waals surface area contributed by atoms with Crippen LogP contribution in [0, 0.1) is 0 Å². The Morgan fingerprint density at radius 2 is 0.544 bits per heavy atom. The summed E-state index contributed by atoms with van der Waals surface area (Å²) in [5, 5.41) is 4.94. The molecule has 0 fully saturated rings. The van der Waals surface area contributed by atoms with Crippen molar-refractivity contribution in [3.8, 4) is 78.1 Å². The Balaban J connectivity index is 0.940. The Kier molecular flexibility index (Phi) is 9.54. The lowest BCUT2D eigenvalue weighted by Gasteiger charge is -2.15. The summed E-state index contributed by atoms with van der Waals surface area (Å²) in [5.74, 6) is 0. The second kappa shape index (κ2) is 16.5. The minimum Gasteiger partial charge on any atom is -0.309 e. The topological polar surface area (TPSA) is 9.86 Å². The molecule has 11 aromatic carbocycles. The second-order valence-electron chi connectivity index (χ2n) is 17.7. The van der Waals surface area contributed by atoms with E-state index in [4.69, 9.17) is 0 Å². The maximum Gasteiger partial charge on any atom is 0.0541 e. The first-order valence-corrected chi connectivity index (χ1v) is 23.4. The average Bonchev–Trinajstić information content (AvgIpc) is 3.93. The number of para-hydroxylation sites is 3. The molecule has 13 rings (SSSR count). The molecule has 0 aliphatic rings. The Morgan fingerprint density at radius 3 is 1.12 bits per heavy atom. The van der Waals surface area contributed by atoms with Gasteiger partial charge in [0.05, 0.1) is 27.8 Å². The van der Waals surface area contributed by atoms with Gasteiger partial charge in [-0.2, -0.15) is 0 Å². The van der Waals surface area contributed by atoms with E-state index in [2.05, 4.69) is 276 Å². The highest BCUT2D eigenvalue weighted by molar-refractivity contribution is 6.13. The van der Waals surface area contributed by atoms with Gasteiger partial charge >= 0.3 is 0 Å².